The Kier molecular flexibility index (Phi) is 6.31. The molecule has 0 bridgehead atoms. The number of nitrogens with zero attached hydrogens (tertiary/aromatic N) is 2. The van der Waals surface area contributed by atoms with Crippen molar-refractivity contribution in [2.24, 2.45) is 0 Å². The van der Waals surface area contributed by atoms with Crippen molar-refractivity contribution in [3.63, 3.8) is 0 Å². The Morgan fingerprint density at radius 3 is 2.36 bits per heavy atom. The average molecular weight is 406 g/mol. The fourth-order valence-electron chi connectivity index (χ4n) is 3.11. The number of carbonyl (C=O) groups is 1. The molecular formula is C20H23FN2O4S. The maximum absolute atomic E-state index is 13.4. The van der Waals surface area contributed by atoms with Gasteiger partial charge in [-0.3, -0.25) is 4.79 Å². The summed E-state index contributed by atoms with van der Waals surface area (Å²) in [6.45, 7) is 3.49. The molecule has 1 aliphatic rings. The van der Waals surface area contributed by atoms with E-state index in [1.165, 1.54) is 22.5 Å². The largest absolute Gasteiger partial charge is 0.494 e. The molecule has 0 saturated carbocycles. The number of benzene rings is 2. The Bertz CT molecular complexity index is 923. The molecule has 6 nitrogen and oxygen atoms in total. The number of hydrogen-bond acceptors (Lipinski definition) is 4. The highest BCUT2D eigenvalue weighted by Gasteiger charge is 2.30. The molecule has 0 aromatic heterocycles. The van der Waals surface area contributed by atoms with E-state index in [1.54, 1.807) is 4.90 Å². The van der Waals surface area contributed by atoms with Gasteiger partial charge in [0.2, 0.25) is 15.9 Å². The van der Waals surface area contributed by atoms with Gasteiger partial charge in [-0.15, -0.1) is 0 Å². The first-order valence-corrected chi connectivity index (χ1v) is 10.6. The van der Waals surface area contributed by atoms with E-state index in [0.29, 0.717) is 19.7 Å². The van der Waals surface area contributed by atoms with Crippen LogP contribution in [0, 0.1) is 5.82 Å². The summed E-state index contributed by atoms with van der Waals surface area (Å²) in [7, 11) is -3.76. The van der Waals surface area contributed by atoms with Crippen LogP contribution in [0.5, 0.6) is 5.75 Å². The molecule has 0 unspecified atom stereocenters. The number of hydrogen-bond donors (Lipinski definition) is 0. The Morgan fingerprint density at radius 1 is 1.07 bits per heavy atom. The summed E-state index contributed by atoms with van der Waals surface area (Å²) in [5, 5.41) is 0. The molecule has 28 heavy (non-hydrogen) atoms. The van der Waals surface area contributed by atoms with Gasteiger partial charge in [-0.2, -0.15) is 4.31 Å². The first-order chi connectivity index (χ1) is 13.4. The zero-order chi connectivity index (χ0) is 20.1. The van der Waals surface area contributed by atoms with E-state index in [9.17, 15) is 17.6 Å². The average Bonchev–Trinajstić information content (AvgIpc) is 2.70. The van der Waals surface area contributed by atoms with Crippen LogP contribution in [-0.2, 0) is 21.2 Å². The van der Waals surface area contributed by atoms with Gasteiger partial charge in [0, 0.05) is 26.2 Å². The molecule has 0 spiro atoms. The smallest absolute Gasteiger partial charge is 0.243 e. The zero-order valence-corrected chi connectivity index (χ0v) is 16.5. The summed E-state index contributed by atoms with van der Waals surface area (Å²) < 4.78 is 45.3. The molecule has 150 valence electrons. The third-order valence-electron chi connectivity index (χ3n) is 4.61. The third-order valence-corrected chi connectivity index (χ3v) is 6.51. The van der Waals surface area contributed by atoms with Crippen LogP contribution in [0.1, 0.15) is 12.5 Å². The molecule has 1 saturated heterocycles. The number of rotatable bonds is 6. The van der Waals surface area contributed by atoms with Crippen LogP contribution in [0.15, 0.2) is 53.4 Å². The Morgan fingerprint density at radius 2 is 1.75 bits per heavy atom. The minimum absolute atomic E-state index is 0.0491. The van der Waals surface area contributed by atoms with Gasteiger partial charge in [-0.05, 0) is 42.8 Å². The van der Waals surface area contributed by atoms with Gasteiger partial charge < -0.3 is 9.64 Å². The van der Waals surface area contributed by atoms with E-state index in [0.717, 1.165) is 17.4 Å². The van der Waals surface area contributed by atoms with Crippen LogP contribution in [-0.4, -0.2) is 56.3 Å². The number of ether oxygens (including phenoxy) is 1. The van der Waals surface area contributed by atoms with Crippen LogP contribution in [0.25, 0.3) is 0 Å². The third kappa shape index (κ3) is 4.69. The van der Waals surface area contributed by atoms with Crippen LogP contribution in [0.4, 0.5) is 4.39 Å². The molecule has 2 aromatic rings. The normalized spacial score (nSPS) is 15.4. The van der Waals surface area contributed by atoms with Crippen LogP contribution in [0.3, 0.4) is 0 Å². The molecule has 1 aliphatic heterocycles. The van der Waals surface area contributed by atoms with Gasteiger partial charge in [0.15, 0.2) is 0 Å². The maximum atomic E-state index is 13.4. The van der Waals surface area contributed by atoms with Crippen molar-refractivity contribution in [3.8, 4) is 5.75 Å². The van der Waals surface area contributed by atoms with Gasteiger partial charge in [0.25, 0.3) is 0 Å². The van der Waals surface area contributed by atoms with E-state index < -0.39 is 15.8 Å². The van der Waals surface area contributed by atoms with Gasteiger partial charge >= 0.3 is 0 Å². The molecule has 0 N–H and O–H groups in total. The topological polar surface area (TPSA) is 66.9 Å². The zero-order valence-electron chi connectivity index (χ0n) is 15.7. The summed E-state index contributed by atoms with van der Waals surface area (Å²) in [5.41, 5.74) is 0.878. The molecule has 0 aliphatic carbocycles. The number of amides is 1. The lowest BCUT2D eigenvalue weighted by molar-refractivity contribution is -0.131. The summed E-state index contributed by atoms with van der Waals surface area (Å²) >= 11 is 0. The predicted octanol–water partition coefficient (Wildman–Crippen LogP) is 2.30. The van der Waals surface area contributed by atoms with E-state index in [4.69, 9.17) is 4.74 Å². The first-order valence-electron chi connectivity index (χ1n) is 9.15. The fourth-order valence-corrected chi connectivity index (χ4v) is 4.57. The Balaban J connectivity index is 1.58. The molecule has 0 radical (unpaired) electrons. The lowest BCUT2D eigenvalue weighted by Crippen LogP contribution is -2.50. The monoisotopic (exact) mass is 406 g/mol. The second-order valence-electron chi connectivity index (χ2n) is 6.50. The highest BCUT2D eigenvalue weighted by Crippen LogP contribution is 2.19. The number of sulfonamides is 1. The molecule has 0 atom stereocenters. The SMILES string of the molecule is CCOc1ccc(CC(=O)N2CCN(S(=O)(=O)c3cccc(F)c3)CC2)cc1. The van der Waals surface area contributed by atoms with Crippen LogP contribution in [0.2, 0.25) is 0 Å². The highest BCUT2D eigenvalue weighted by molar-refractivity contribution is 7.89. The number of halogens is 1. The lowest BCUT2D eigenvalue weighted by Gasteiger charge is -2.34. The Hall–Kier alpha value is -2.45. The van der Waals surface area contributed by atoms with Gasteiger partial charge in [-0.1, -0.05) is 18.2 Å². The minimum atomic E-state index is -3.76. The van der Waals surface area contributed by atoms with Crippen molar-refractivity contribution in [1.29, 1.82) is 0 Å². The summed E-state index contributed by atoms with van der Waals surface area (Å²) in [6, 6.07) is 12.3. The predicted molar refractivity (Wildman–Crippen MR) is 103 cm³/mol. The van der Waals surface area contributed by atoms with E-state index in [2.05, 4.69) is 0 Å². The van der Waals surface area contributed by atoms with E-state index in [1.807, 2.05) is 31.2 Å². The Labute approximate surface area is 164 Å². The second kappa shape index (κ2) is 8.70. The molecule has 8 heteroatoms. The number of carbonyl (C=O) groups excluding carboxylic acids is 1. The van der Waals surface area contributed by atoms with E-state index >= 15 is 0 Å². The summed E-state index contributed by atoms with van der Waals surface area (Å²) in [5.74, 6) is 0.118. The highest BCUT2D eigenvalue weighted by atomic mass is 32.2. The molecular weight excluding hydrogens is 383 g/mol. The summed E-state index contributed by atoms with van der Waals surface area (Å²) in [4.78, 5) is 14.1. The number of piperazine rings is 1. The van der Waals surface area contributed by atoms with Gasteiger partial charge in [0.1, 0.15) is 11.6 Å². The van der Waals surface area contributed by atoms with Crippen LogP contribution >= 0.6 is 0 Å². The first kappa shape index (κ1) is 20.3. The van der Waals surface area contributed by atoms with Gasteiger partial charge in [0.05, 0.1) is 17.9 Å². The molecule has 1 heterocycles. The lowest BCUT2D eigenvalue weighted by atomic mass is 10.1. The summed E-state index contributed by atoms with van der Waals surface area (Å²) in [6.07, 6.45) is 0.253. The second-order valence-corrected chi connectivity index (χ2v) is 8.43. The van der Waals surface area contributed by atoms with Crippen molar-refractivity contribution >= 4 is 15.9 Å². The fraction of sp³-hybridized carbons (Fsp3) is 0.350. The van der Waals surface area contributed by atoms with Crippen molar-refractivity contribution in [3.05, 3.63) is 59.9 Å². The van der Waals surface area contributed by atoms with Crippen molar-refractivity contribution in [1.82, 2.24) is 9.21 Å². The van der Waals surface area contributed by atoms with E-state index in [-0.39, 0.29) is 30.3 Å². The van der Waals surface area contributed by atoms with Crippen molar-refractivity contribution < 1.29 is 22.3 Å². The van der Waals surface area contributed by atoms with Crippen molar-refractivity contribution in [2.75, 3.05) is 32.8 Å². The van der Waals surface area contributed by atoms with Gasteiger partial charge in [-0.25, -0.2) is 12.8 Å². The maximum Gasteiger partial charge on any atom is 0.243 e. The van der Waals surface area contributed by atoms with Crippen molar-refractivity contribution in [2.45, 2.75) is 18.2 Å². The quantitative estimate of drug-likeness (QED) is 0.738. The molecule has 1 amide bonds. The standard InChI is InChI=1S/C20H23FN2O4S/c1-2-27-18-8-6-16(7-9-18)14-20(24)22-10-12-23(13-11-22)28(25,26)19-5-3-4-17(21)15-19/h3-9,15H,2,10-14H2,1H3. The minimum Gasteiger partial charge on any atom is -0.494 e. The van der Waals surface area contributed by atoms with Crippen LogP contribution < -0.4 is 4.74 Å². The molecule has 1 fully saturated rings. The molecule has 3 rings (SSSR count). The molecule has 2 aromatic carbocycles.